The summed E-state index contributed by atoms with van der Waals surface area (Å²) in [6, 6.07) is 4.08. The van der Waals surface area contributed by atoms with Gasteiger partial charge in [0, 0.05) is 56.0 Å². The molecule has 4 aromatic rings. The van der Waals surface area contributed by atoms with Crippen LogP contribution < -0.4 is 20.1 Å². The fourth-order valence-electron chi connectivity index (χ4n) is 8.35. The average molecular weight is 734 g/mol. The second-order valence-corrected chi connectivity index (χ2v) is 14.9. The molecule has 0 spiro atoms. The van der Waals surface area contributed by atoms with Crippen LogP contribution in [0.15, 0.2) is 12.1 Å². The van der Waals surface area contributed by atoms with E-state index in [0.717, 1.165) is 36.8 Å². The summed E-state index contributed by atoms with van der Waals surface area (Å²) in [5.41, 5.74) is 5.36. The number of thiophene rings is 1. The third-order valence-electron chi connectivity index (χ3n) is 10.5. The molecule has 6 heterocycles. The average Bonchev–Trinajstić information content (AvgIpc) is 3.67. The van der Waals surface area contributed by atoms with Crippen molar-refractivity contribution in [2.75, 3.05) is 63.1 Å². The number of nitriles is 1. The van der Waals surface area contributed by atoms with Gasteiger partial charge in [0.25, 0.3) is 6.43 Å². The van der Waals surface area contributed by atoms with Crippen LogP contribution in [0.25, 0.3) is 32.1 Å². The van der Waals surface area contributed by atoms with Gasteiger partial charge in [-0.25, -0.2) is 22.0 Å². The Labute approximate surface area is 293 Å². The molecule has 0 aliphatic carbocycles. The first-order chi connectivity index (χ1) is 24.1. The number of alkyl halides is 3. The van der Waals surface area contributed by atoms with Crippen molar-refractivity contribution in [3.05, 3.63) is 34.4 Å². The molecule has 3 atom stereocenters. The SMILES string of the molecule is N#Cc1c(N)sc2c(F)ccc(-c3c(Cl)c4c5c(nc(OC[C@@]67CCCN6C[C@H](F)C7)nc5c3F)N3CCCN(CC(F)F)CC3CCO4)c12. The standard InChI is InChI=1S/C34H33ClF5N7O2S/c35-26-24(19-3-4-21(37)30-23(19)20(12-41)31(42)50-30)27(40)28-25-29(26)48-10-5-18-14-45(15-22(38)39)7-2-9-47(18)32(25)44-33(43-28)49-16-34-6-1-8-46(34)13-17(36)11-34/h3-4,17-18,22H,1-2,5-11,13-16,42H2/t17-,18?,34+/m1/s1. The number of ether oxygens (including phenoxy) is 2. The maximum Gasteiger partial charge on any atom is 0.319 e. The molecule has 1 unspecified atom stereocenters. The number of fused-ring (bicyclic) bond motifs is 4. The molecule has 50 heavy (non-hydrogen) atoms. The van der Waals surface area contributed by atoms with E-state index in [0.29, 0.717) is 45.4 Å². The lowest BCUT2D eigenvalue weighted by atomic mass is 9.95. The zero-order chi connectivity index (χ0) is 34.9. The Morgan fingerprint density at radius 1 is 1.16 bits per heavy atom. The Kier molecular flexibility index (Phi) is 8.56. The van der Waals surface area contributed by atoms with E-state index in [4.69, 9.17) is 31.8 Å². The largest absolute Gasteiger partial charge is 0.491 e. The number of halogens is 6. The van der Waals surface area contributed by atoms with Crippen molar-refractivity contribution < 1.29 is 31.4 Å². The molecule has 2 N–H and O–H groups in total. The van der Waals surface area contributed by atoms with Crippen LogP contribution in [0.4, 0.5) is 32.8 Å². The van der Waals surface area contributed by atoms with Crippen LogP contribution in [0.2, 0.25) is 5.02 Å². The second kappa shape index (κ2) is 12.8. The van der Waals surface area contributed by atoms with Crippen LogP contribution in [0.1, 0.15) is 37.7 Å². The number of hydrogen-bond acceptors (Lipinski definition) is 10. The highest BCUT2D eigenvalue weighted by atomic mass is 35.5. The van der Waals surface area contributed by atoms with E-state index in [2.05, 4.69) is 9.88 Å². The Morgan fingerprint density at radius 3 is 2.80 bits per heavy atom. The third-order valence-corrected chi connectivity index (χ3v) is 11.9. The quantitative estimate of drug-likeness (QED) is 0.215. The van der Waals surface area contributed by atoms with Crippen molar-refractivity contribution in [2.45, 2.75) is 56.3 Å². The molecule has 264 valence electrons. The summed E-state index contributed by atoms with van der Waals surface area (Å²) in [5, 5.41) is 10.2. The molecular formula is C34H33ClF5N7O2S. The lowest BCUT2D eigenvalue weighted by molar-refractivity contribution is 0.0868. The van der Waals surface area contributed by atoms with Crippen molar-refractivity contribution in [1.29, 1.82) is 5.26 Å². The van der Waals surface area contributed by atoms with Gasteiger partial charge in [-0.3, -0.25) is 9.80 Å². The Morgan fingerprint density at radius 2 is 2.00 bits per heavy atom. The fourth-order valence-corrected chi connectivity index (χ4v) is 9.64. The van der Waals surface area contributed by atoms with Gasteiger partial charge in [-0.1, -0.05) is 17.7 Å². The van der Waals surface area contributed by atoms with Gasteiger partial charge in [0.2, 0.25) is 0 Å². The summed E-state index contributed by atoms with van der Waals surface area (Å²) >= 11 is 7.92. The van der Waals surface area contributed by atoms with E-state index in [1.807, 2.05) is 11.0 Å². The Bertz CT molecular complexity index is 2050. The molecule has 16 heteroatoms. The summed E-state index contributed by atoms with van der Waals surface area (Å²) < 4.78 is 86.4. The molecule has 0 radical (unpaired) electrons. The number of nitrogens with two attached hydrogens (primary N) is 1. The van der Waals surface area contributed by atoms with Gasteiger partial charge in [-0.15, -0.1) is 11.3 Å². The van der Waals surface area contributed by atoms with Crippen LogP contribution in [-0.2, 0) is 0 Å². The maximum atomic E-state index is 17.3. The molecular weight excluding hydrogens is 701 g/mol. The highest BCUT2D eigenvalue weighted by molar-refractivity contribution is 7.23. The van der Waals surface area contributed by atoms with Crippen molar-refractivity contribution in [1.82, 2.24) is 19.8 Å². The van der Waals surface area contributed by atoms with Gasteiger partial charge in [0.05, 0.1) is 39.4 Å². The third kappa shape index (κ3) is 5.46. The lowest BCUT2D eigenvalue weighted by Gasteiger charge is -2.36. The summed E-state index contributed by atoms with van der Waals surface area (Å²) in [6.07, 6.45) is -0.603. The van der Waals surface area contributed by atoms with E-state index in [9.17, 15) is 18.4 Å². The number of aromatic nitrogens is 2. The molecule has 0 bridgehead atoms. The van der Waals surface area contributed by atoms with Crippen molar-refractivity contribution in [3.63, 3.8) is 0 Å². The molecule has 0 amide bonds. The highest BCUT2D eigenvalue weighted by Gasteiger charge is 2.49. The fraction of sp³-hybridized carbons (Fsp3) is 0.500. The Hall–Kier alpha value is -3.71. The van der Waals surface area contributed by atoms with Crippen LogP contribution >= 0.6 is 22.9 Å². The first-order valence-electron chi connectivity index (χ1n) is 16.6. The van der Waals surface area contributed by atoms with Gasteiger partial charge in [0.15, 0.2) is 11.6 Å². The van der Waals surface area contributed by atoms with Crippen molar-refractivity contribution in [3.8, 4) is 29.0 Å². The first kappa shape index (κ1) is 33.4. The minimum absolute atomic E-state index is 0.00471. The number of benzene rings is 2. The summed E-state index contributed by atoms with van der Waals surface area (Å²) in [4.78, 5) is 15.2. The molecule has 3 fully saturated rings. The van der Waals surface area contributed by atoms with Crippen LogP contribution in [0.5, 0.6) is 11.8 Å². The minimum atomic E-state index is -2.50. The Balaban J connectivity index is 1.33. The van der Waals surface area contributed by atoms with E-state index in [-0.39, 0.29) is 91.1 Å². The second-order valence-electron chi connectivity index (χ2n) is 13.5. The number of rotatable bonds is 6. The lowest BCUT2D eigenvalue weighted by Crippen LogP contribution is -2.44. The summed E-state index contributed by atoms with van der Waals surface area (Å²) in [7, 11) is 0. The van der Waals surface area contributed by atoms with Crippen molar-refractivity contribution >= 4 is 54.7 Å². The van der Waals surface area contributed by atoms with Crippen LogP contribution in [-0.4, -0.2) is 96.4 Å². The van der Waals surface area contributed by atoms with Gasteiger partial charge in [-0.2, -0.15) is 15.2 Å². The predicted molar refractivity (Wildman–Crippen MR) is 181 cm³/mol. The van der Waals surface area contributed by atoms with Crippen molar-refractivity contribution in [2.24, 2.45) is 0 Å². The van der Waals surface area contributed by atoms with Gasteiger partial charge >= 0.3 is 6.01 Å². The molecule has 8 rings (SSSR count). The normalized spacial score (nSPS) is 24.2. The molecule has 9 nitrogen and oxygen atoms in total. The summed E-state index contributed by atoms with van der Waals surface area (Å²) in [5.74, 6) is -1.11. The zero-order valence-electron chi connectivity index (χ0n) is 26.8. The number of nitrogen functional groups attached to an aromatic ring is 1. The van der Waals surface area contributed by atoms with Crippen LogP contribution in [0.3, 0.4) is 0 Å². The molecule has 2 aromatic carbocycles. The monoisotopic (exact) mass is 733 g/mol. The molecule has 4 aliphatic heterocycles. The van der Waals surface area contributed by atoms with Gasteiger partial charge in [-0.05, 0) is 37.4 Å². The number of nitrogens with zero attached hydrogens (tertiary/aromatic N) is 6. The zero-order valence-corrected chi connectivity index (χ0v) is 28.4. The molecule has 3 saturated heterocycles. The van der Waals surface area contributed by atoms with Crippen LogP contribution in [0, 0.1) is 23.0 Å². The van der Waals surface area contributed by atoms with Gasteiger partial charge < -0.3 is 20.1 Å². The maximum absolute atomic E-state index is 17.3. The van der Waals surface area contributed by atoms with Gasteiger partial charge in [0.1, 0.15) is 41.0 Å². The minimum Gasteiger partial charge on any atom is -0.491 e. The van der Waals surface area contributed by atoms with E-state index in [1.54, 1.807) is 4.90 Å². The topological polar surface area (TPSA) is 104 Å². The smallest absolute Gasteiger partial charge is 0.319 e. The predicted octanol–water partition coefficient (Wildman–Crippen LogP) is 6.78. The molecule has 4 aliphatic rings. The van der Waals surface area contributed by atoms with E-state index < -0.39 is 29.8 Å². The highest BCUT2D eigenvalue weighted by Crippen LogP contribution is 2.51. The molecule has 0 saturated carbocycles. The van der Waals surface area contributed by atoms with E-state index >= 15 is 8.78 Å². The van der Waals surface area contributed by atoms with E-state index in [1.165, 1.54) is 6.07 Å². The first-order valence-corrected chi connectivity index (χ1v) is 17.8. The number of anilines is 2. The molecule has 2 aromatic heterocycles. The summed E-state index contributed by atoms with van der Waals surface area (Å²) in [6.45, 7) is 2.07. The number of hydrogen-bond donors (Lipinski definition) is 1.